The van der Waals surface area contributed by atoms with E-state index in [-0.39, 0.29) is 29.7 Å². The summed E-state index contributed by atoms with van der Waals surface area (Å²) < 4.78 is 43.8. The third kappa shape index (κ3) is 4.04. The lowest BCUT2D eigenvalue weighted by Crippen LogP contribution is -2.16. The van der Waals surface area contributed by atoms with Crippen molar-refractivity contribution in [3.05, 3.63) is 29.3 Å². The molecule has 0 unspecified atom stereocenters. The van der Waals surface area contributed by atoms with Crippen LogP contribution >= 0.6 is 0 Å². The Kier molecular flexibility index (Phi) is 4.63. The third-order valence-electron chi connectivity index (χ3n) is 2.26. The van der Waals surface area contributed by atoms with Crippen molar-refractivity contribution in [3.63, 3.8) is 0 Å². The number of halogens is 3. The van der Waals surface area contributed by atoms with Gasteiger partial charge in [-0.1, -0.05) is 19.0 Å². The van der Waals surface area contributed by atoms with Crippen molar-refractivity contribution >= 4 is 5.84 Å². The number of amidine groups is 1. The molecule has 0 radical (unpaired) electrons. The molecule has 0 spiro atoms. The van der Waals surface area contributed by atoms with E-state index in [9.17, 15) is 13.2 Å². The Morgan fingerprint density at radius 2 is 2.05 bits per heavy atom. The van der Waals surface area contributed by atoms with Crippen LogP contribution in [0.4, 0.5) is 13.2 Å². The number of hydrogen-bond donors (Lipinski definition) is 2. The number of benzene rings is 1. The smallest absolute Gasteiger partial charge is 0.419 e. The highest BCUT2D eigenvalue weighted by Gasteiger charge is 2.35. The molecule has 1 rings (SSSR count). The number of rotatable bonds is 4. The summed E-state index contributed by atoms with van der Waals surface area (Å²) in [7, 11) is 0. The minimum Gasteiger partial charge on any atom is -0.493 e. The van der Waals surface area contributed by atoms with Crippen molar-refractivity contribution in [2.24, 2.45) is 16.8 Å². The largest absolute Gasteiger partial charge is 0.493 e. The molecule has 0 fully saturated rings. The number of alkyl halides is 3. The number of oxime groups is 1. The van der Waals surface area contributed by atoms with Gasteiger partial charge in [-0.25, -0.2) is 0 Å². The molecule has 0 aliphatic heterocycles. The summed E-state index contributed by atoms with van der Waals surface area (Å²) in [5.74, 6) is -0.554. The van der Waals surface area contributed by atoms with Crippen molar-refractivity contribution in [3.8, 4) is 5.75 Å². The Morgan fingerprint density at radius 3 is 2.53 bits per heavy atom. The molecule has 0 aliphatic rings. The van der Waals surface area contributed by atoms with Gasteiger partial charge >= 0.3 is 6.18 Å². The standard InChI is InChI=1S/C12H15F3N2O2/c1-7(2)6-19-10-4-3-8(11(16)17-18)5-9(10)12(13,14)15/h3-5,7,18H,6H2,1-2H3,(H2,16,17). The molecular formula is C12H15F3N2O2. The van der Waals surface area contributed by atoms with E-state index in [2.05, 4.69) is 5.16 Å². The molecule has 3 N–H and O–H groups in total. The zero-order chi connectivity index (χ0) is 14.6. The lowest BCUT2D eigenvalue weighted by Gasteiger charge is -2.16. The summed E-state index contributed by atoms with van der Waals surface area (Å²) >= 11 is 0. The summed E-state index contributed by atoms with van der Waals surface area (Å²) in [5, 5.41) is 11.1. The van der Waals surface area contributed by atoms with Crippen LogP contribution in [-0.2, 0) is 6.18 Å². The average Bonchev–Trinajstić information content (AvgIpc) is 2.34. The minimum atomic E-state index is -4.57. The van der Waals surface area contributed by atoms with Crippen molar-refractivity contribution in [2.45, 2.75) is 20.0 Å². The average molecular weight is 276 g/mol. The van der Waals surface area contributed by atoms with Crippen LogP contribution in [0.3, 0.4) is 0 Å². The van der Waals surface area contributed by atoms with Gasteiger partial charge in [-0.2, -0.15) is 13.2 Å². The van der Waals surface area contributed by atoms with E-state index in [0.29, 0.717) is 0 Å². The molecule has 0 atom stereocenters. The molecular weight excluding hydrogens is 261 g/mol. The van der Waals surface area contributed by atoms with E-state index < -0.39 is 11.7 Å². The quantitative estimate of drug-likeness (QED) is 0.384. The molecule has 1 aromatic carbocycles. The van der Waals surface area contributed by atoms with Crippen LogP contribution in [-0.4, -0.2) is 17.6 Å². The first-order valence-corrected chi connectivity index (χ1v) is 5.57. The molecule has 0 heterocycles. The van der Waals surface area contributed by atoms with Gasteiger partial charge in [-0.15, -0.1) is 0 Å². The Labute approximate surface area is 108 Å². The predicted octanol–water partition coefficient (Wildman–Crippen LogP) is 2.83. The molecule has 1 aromatic rings. The zero-order valence-electron chi connectivity index (χ0n) is 10.5. The highest BCUT2D eigenvalue weighted by atomic mass is 19.4. The Hall–Kier alpha value is -1.92. The van der Waals surface area contributed by atoms with Gasteiger partial charge in [-0.05, 0) is 24.1 Å². The number of hydrogen-bond acceptors (Lipinski definition) is 3. The molecule has 7 heteroatoms. The Balaban J connectivity index is 3.18. The van der Waals surface area contributed by atoms with Gasteiger partial charge in [0.15, 0.2) is 5.84 Å². The lowest BCUT2D eigenvalue weighted by molar-refractivity contribution is -0.139. The molecule has 0 aromatic heterocycles. The van der Waals surface area contributed by atoms with Gasteiger partial charge in [0.2, 0.25) is 0 Å². The second-order valence-corrected chi connectivity index (χ2v) is 4.40. The highest BCUT2D eigenvalue weighted by molar-refractivity contribution is 5.97. The number of ether oxygens (including phenoxy) is 1. The van der Waals surface area contributed by atoms with Gasteiger partial charge in [-0.3, -0.25) is 0 Å². The summed E-state index contributed by atoms with van der Waals surface area (Å²) in [4.78, 5) is 0. The fourth-order valence-electron chi connectivity index (χ4n) is 1.35. The topological polar surface area (TPSA) is 67.8 Å². The molecule has 0 aliphatic carbocycles. The van der Waals surface area contributed by atoms with Crippen LogP contribution in [0.2, 0.25) is 0 Å². The highest BCUT2D eigenvalue weighted by Crippen LogP contribution is 2.37. The molecule has 0 saturated heterocycles. The van der Waals surface area contributed by atoms with Gasteiger partial charge in [0.05, 0.1) is 12.2 Å². The van der Waals surface area contributed by atoms with Crippen molar-refractivity contribution in [1.29, 1.82) is 0 Å². The van der Waals surface area contributed by atoms with Crippen LogP contribution in [0.25, 0.3) is 0 Å². The van der Waals surface area contributed by atoms with Crippen LogP contribution in [0.5, 0.6) is 5.75 Å². The minimum absolute atomic E-state index is 0.0216. The van der Waals surface area contributed by atoms with E-state index in [1.165, 1.54) is 12.1 Å². The van der Waals surface area contributed by atoms with Crippen molar-refractivity contribution in [1.82, 2.24) is 0 Å². The van der Waals surface area contributed by atoms with Gasteiger partial charge in [0.25, 0.3) is 0 Å². The molecule has 19 heavy (non-hydrogen) atoms. The summed E-state index contributed by atoms with van der Waals surface area (Å²) in [6, 6.07) is 3.27. The summed E-state index contributed by atoms with van der Waals surface area (Å²) in [6.45, 7) is 3.84. The Bertz CT molecular complexity index is 471. The van der Waals surface area contributed by atoms with E-state index >= 15 is 0 Å². The van der Waals surface area contributed by atoms with Crippen LogP contribution < -0.4 is 10.5 Å². The van der Waals surface area contributed by atoms with Crippen molar-refractivity contribution in [2.75, 3.05) is 6.61 Å². The van der Waals surface area contributed by atoms with E-state index in [0.717, 1.165) is 6.07 Å². The summed E-state index contributed by atoms with van der Waals surface area (Å²) in [6.07, 6.45) is -4.57. The maximum Gasteiger partial charge on any atom is 0.419 e. The lowest BCUT2D eigenvalue weighted by atomic mass is 10.1. The first-order chi connectivity index (χ1) is 8.75. The van der Waals surface area contributed by atoms with Gasteiger partial charge in [0.1, 0.15) is 5.75 Å². The van der Waals surface area contributed by atoms with Gasteiger partial charge in [0, 0.05) is 5.56 Å². The second kappa shape index (κ2) is 5.81. The molecule has 0 bridgehead atoms. The predicted molar refractivity (Wildman–Crippen MR) is 64.3 cm³/mol. The molecule has 0 saturated carbocycles. The molecule has 4 nitrogen and oxygen atoms in total. The Morgan fingerprint density at radius 1 is 1.42 bits per heavy atom. The summed E-state index contributed by atoms with van der Waals surface area (Å²) in [5.41, 5.74) is 4.30. The van der Waals surface area contributed by atoms with E-state index in [1.54, 1.807) is 0 Å². The van der Waals surface area contributed by atoms with Crippen LogP contribution in [0, 0.1) is 5.92 Å². The fourth-order valence-corrected chi connectivity index (χ4v) is 1.35. The maximum atomic E-state index is 12.9. The maximum absolute atomic E-state index is 12.9. The van der Waals surface area contributed by atoms with Crippen molar-refractivity contribution < 1.29 is 23.1 Å². The second-order valence-electron chi connectivity index (χ2n) is 4.40. The first kappa shape index (κ1) is 15.1. The monoisotopic (exact) mass is 276 g/mol. The van der Waals surface area contributed by atoms with Crippen LogP contribution in [0.15, 0.2) is 23.4 Å². The molecule has 0 amide bonds. The SMILES string of the molecule is CC(C)COc1ccc(/C(N)=N/O)cc1C(F)(F)F. The zero-order valence-corrected chi connectivity index (χ0v) is 10.5. The van der Waals surface area contributed by atoms with E-state index in [4.69, 9.17) is 15.7 Å². The van der Waals surface area contributed by atoms with Crippen LogP contribution in [0.1, 0.15) is 25.0 Å². The number of nitrogens with zero attached hydrogens (tertiary/aromatic N) is 1. The normalized spacial score (nSPS) is 12.8. The fraction of sp³-hybridized carbons (Fsp3) is 0.417. The van der Waals surface area contributed by atoms with E-state index in [1.807, 2.05) is 13.8 Å². The molecule has 106 valence electrons. The van der Waals surface area contributed by atoms with Gasteiger partial charge < -0.3 is 15.7 Å². The number of nitrogens with two attached hydrogens (primary N) is 1. The third-order valence-corrected chi connectivity index (χ3v) is 2.26. The first-order valence-electron chi connectivity index (χ1n) is 5.57.